The van der Waals surface area contributed by atoms with Crippen LogP contribution < -0.4 is 5.32 Å². The highest BCUT2D eigenvalue weighted by Crippen LogP contribution is 2.31. The van der Waals surface area contributed by atoms with Gasteiger partial charge in [0.05, 0.1) is 5.60 Å². The van der Waals surface area contributed by atoms with Gasteiger partial charge in [-0.05, 0) is 38.8 Å². The maximum atomic E-state index is 5.77. The Labute approximate surface area is 120 Å². The van der Waals surface area contributed by atoms with Crippen LogP contribution in [0.1, 0.15) is 26.7 Å². The van der Waals surface area contributed by atoms with Gasteiger partial charge in [-0.25, -0.2) is 0 Å². The van der Waals surface area contributed by atoms with Gasteiger partial charge >= 0.3 is 0 Å². The fourth-order valence-electron chi connectivity index (χ4n) is 2.44. The van der Waals surface area contributed by atoms with E-state index in [0.717, 1.165) is 25.2 Å². The molecule has 0 aliphatic carbocycles. The minimum atomic E-state index is -0.0148. The number of nitrogens with one attached hydrogen (secondary N) is 1. The van der Waals surface area contributed by atoms with Gasteiger partial charge in [0.1, 0.15) is 0 Å². The van der Waals surface area contributed by atoms with E-state index >= 15 is 0 Å². The second-order valence-electron chi connectivity index (χ2n) is 5.54. The van der Waals surface area contributed by atoms with Gasteiger partial charge < -0.3 is 10.1 Å². The van der Waals surface area contributed by atoms with Crippen LogP contribution in [0.3, 0.4) is 0 Å². The van der Waals surface area contributed by atoms with Gasteiger partial charge in [-0.2, -0.15) is 0 Å². The Morgan fingerprint density at radius 3 is 3.00 bits per heavy atom. The minimum absolute atomic E-state index is 0.0148. The Bertz CT molecular complexity index is 431. The first-order valence-corrected chi connectivity index (χ1v) is 7.82. The zero-order valence-electron chi connectivity index (χ0n) is 11.8. The largest absolute Gasteiger partial charge is 0.381 e. The third-order valence-electron chi connectivity index (χ3n) is 3.30. The van der Waals surface area contributed by atoms with Crippen molar-refractivity contribution in [2.24, 2.45) is 0 Å². The number of anilines is 1. The summed E-state index contributed by atoms with van der Waals surface area (Å²) < 4.78 is 5.77. The molecule has 1 aliphatic heterocycles. The Hall–Kier alpha value is -0.930. The molecule has 1 heterocycles. The second-order valence-corrected chi connectivity index (χ2v) is 6.60. The molecule has 3 heteroatoms. The summed E-state index contributed by atoms with van der Waals surface area (Å²) in [6.45, 7) is 8.95. The smallest absolute Gasteiger partial charge is 0.0646 e. The minimum Gasteiger partial charge on any atom is -0.381 e. The summed E-state index contributed by atoms with van der Waals surface area (Å²) in [6.07, 6.45) is 4.07. The molecule has 0 spiro atoms. The highest BCUT2D eigenvalue weighted by Gasteiger charge is 2.28. The molecule has 1 saturated heterocycles. The summed E-state index contributed by atoms with van der Waals surface area (Å²) in [5.41, 5.74) is 1.22. The number of rotatable bonds is 5. The van der Waals surface area contributed by atoms with E-state index in [1.54, 1.807) is 0 Å². The van der Waals surface area contributed by atoms with Gasteiger partial charge in [-0.1, -0.05) is 18.2 Å². The Balaban J connectivity index is 2.03. The van der Waals surface area contributed by atoms with Crippen molar-refractivity contribution in [1.29, 1.82) is 0 Å². The molecule has 1 aliphatic rings. The number of para-hydroxylation sites is 1. The Kier molecular flexibility index (Phi) is 4.94. The topological polar surface area (TPSA) is 21.3 Å². The molecule has 0 aromatic heterocycles. The molecule has 0 saturated carbocycles. The lowest BCUT2D eigenvalue weighted by molar-refractivity contribution is -0.0553. The zero-order chi connectivity index (χ0) is 13.7. The summed E-state index contributed by atoms with van der Waals surface area (Å²) >= 11 is 1.82. The summed E-state index contributed by atoms with van der Waals surface area (Å²) in [4.78, 5) is 1.30. The molecule has 104 valence electrons. The van der Waals surface area contributed by atoms with E-state index in [9.17, 15) is 0 Å². The van der Waals surface area contributed by atoms with E-state index in [-0.39, 0.29) is 5.60 Å². The fraction of sp³-hybridized carbons (Fsp3) is 0.500. The van der Waals surface area contributed by atoms with Gasteiger partial charge in [-0.15, -0.1) is 18.3 Å². The zero-order valence-corrected chi connectivity index (χ0v) is 12.6. The highest BCUT2D eigenvalue weighted by molar-refractivity contribution is 7.99. The van der Waals surface area contributed by atoms with Crippen molar-refractivity contribution in [1.82, 2.24) is 0 Å². The van der Waals surface area contributed by atoms with Crippen LogP contribution in [-0.4, -0.2) is 24.0 Å². The molecule has 1 aromatic carbocycles. The molecular weight excluding hydrogens is 254 g/mol. The van der Waals surface area contributed by atoms with Crippen molar-refractivity contribution < 1.29 is 4.74 Å². The number of thioether (sulfide) groups is 1. The number of benzene rings is 1. The van der Waals surface area contributed by atoms with Crippen molar-refractivity contribution in [2.45, 2.75) is 43.2 Å². The van der Waals surface area contributed by atoms with Crippen LogP contribution in [0.2, 0.25) is 0 Å². The van der Waals surface area contributed by atoms with Crippen LogP contribution in [0.25, 0.3) is 0 Å². The lowest BCUT2D eigenvalue weighted by Gasteiger charge is -2.36. The molecule has 1 aromatic rings. The summed E-state index contributed by atoms with van der Waals surface area (Å²) in [6, 6.07) is 9.00. The van der Waals surface area contributed by atoms with Gasteiger partial charge in [0, 0.05) is 29.0 Å². The molecule has 1 unspecified atom stereocenters. The fourth-order valence-corrected chi connectivity index (χ4v) is 3.19. The molecule has 1 N–H and O–H groups in total. The average Bonchev–Trinajstić information content (AvgIpc) is 2.36. The molecule has 0 bridgehead atoms. The molecule has 0 amide bonds. The molecule has 2 nitrogen and oxygen atoms in total. The highest BCUT2D eigenvalue weighted by atomic mass is 32.2. The molecule has 0 radical (unpaired) electrons. The normalized spacial score (nSPS) is 21.9. The number of hydrogen-bond acceptors (Lipinski definition) is 3. The van der Waals surface area contributed by atoms with Gasteiger partial charge in [-0.3, -0.25) is 0 Å². The third kappa shape index (κ3) is 4.29. The lowest BCUT2D eigenvalue weighted by Crippen LogP contribution is -2.40. The Morgan fingerprint density at radius 1 is 1.47 bits per heavy atom. The van der Waals surface area contributed by atoms with Crippen molar-refractivity contribution in [3.8, 4) is 0 Å². The van der Waals surface area contributed by atoms with E-state index in [0.29, 0.717) is 6.04 Å². The van der Waals surface area contributed by atoms with E-state index in [2.05, 4.69) is 50.0 Å². The molecule has 1 fully saturated rings. The van der Waals surface area contributed by atoms with Gasteiger partial charge in [0.15, 0.2) is 0 Å². The van der Waals surface area contributed by atoms with Gasteiger partial charge in [0.25, 0.3) is 0 Å². The van der Waals surface area contributed by atoms with E-state index in [1.807, 2.05) is 17.8 Å². The number of hydrogen-bond donors (Lipinski definition) is 1. The molecule has 1 atom stereocenters. The average molecular weight is 277 g/mol. The third-order valence-corrected chi connectivity index (χ3v) is 4.37. The molecule has 19 heavy (non-hydrogen) atoms. The Morgan fingerprint density at radius 2 is 2.26 bits per heavy atom. The van der Waals surface area contributed by atoms with Crippen molar-refractivity contribution >= 4 is 17.4 Å². The SMILES string of the molecule is C=CCSc1ccccc1NC1CCOC(C)(C)C1. The maximum absolute atomic E-state index is 5.77. The molecular formula is C16H23NOS. The summed E-state index contributed by atoms with van der Waals surface area (Å²) in [7, 11) is 0. The first kappa shape index (κ1) is 14.5. The van der Waals surface area contributed by atoms with Crippen LogP contribution in [-0.2, 0) is 4.74 Å². The monoisotopic (exact) mass is 277 g/mol. The number of ether oxygens (including phenoxy) is 1. The van der Waals surface area contributed by atoms with Crippen LogP contribution in [0.4, 0.5) is 5.69 Å². The predicted molar refractivity (Wildman–Crippen MR) is 84.0 cm³/mol. The van der Waals surface area contributed by atoms with E-state index < -0.39 is 0 Å². The second kappa shape index (κ2) is 6.49. The summed E-state index contributed by atoms with van der Waals surface area (Å²) in [5.74, 6) is 0.942. The van der Waals surface area contributed by atoms with Gasteiger partial charge in [0.2, 0.25) is 0 Å². The van der Waals surface area contributed by atoms with Crippen molar-refractivity contribution in [3.05, 3.63) is 36.9 Å². The summed E-state index contributed by atoms with van der Waals surface area (Å²) in [5, 5.41) is 3.68. The van der Waals surface area contributed by atoms with Crippen molar-refractivity contribution in [3.63, 3.8) is 0 Å². The first-order valence-electron chi connectivity index (χ1n) is 6.84. The van der Waals surface area contributed by atoms with E-state index in [4.69, 9.17) is 4.74 Å². The van der Waals surface area contributed by atoms with Crippen LogP contribution >= 0.6 is 11.8 Å². The van der Waals surface area contributed by atoms with Crippen molar-refractivity contribution in [2.75, 3.05) is 17.7 Å². The van der Waals surface area contributed by atoms with Crippen LogP contribution in [0, 0.1) is 0 Å². The maximum Gasteiger partial charge on any atom is 0.0646 e. The first-order chi connectivity index (χ1) is 9.11. The van der Waals surface area contributed by atoms with Crippen LogP contribution in [0.5, 0.6) is 0 Å². The van der Waals surface area contributed by atoms with Crippen LogP contribution in [0.15, 0.2) is 41.8 Å². The van der Waals surface area contributed by atoms with E-state index in [1.165, 1.54) is 10.6 Å². The predicted octanol–water partition coefficient (Wildman–Crippen LogP) is 4.33. The quantitative estimate of drug-likeness (QED) is 0.639. The lowest BCUT2D eigenvalue weighted by atomic mass is 9.94. The molecule has 2 rings (SSSR count). The standard InChI is InChI=1S/C16H23NOS/c1-4-11-19-15-8-6-5-7-14(15)17-13-9-10-18-16(2,3)12-13/h4-8,13,17H,1,9-12H2,2-3H3.